The van der Waals surface area contributed by atoms with E-state index in [4.69, 9.17) is 9.26 Å². The molecule has 0 spiro atoms. The number of hydrogen-bond donors (Lipinski definition) is 2. The summed E-state index contributed by atoms with van der Waals surface area (Å²) in [4.78, 5) is 28.2. The maximum Gasteiger partial charge on any atom is 0.276 e. The van der Waals surface area contributed by atoms with Crippen LogP contribution >= 0.6 is 11.3 Å². The van der Waals surface area contributed by atoms with Gasteiger partial charge in [0, 0.05) is 23.8 Å². The predicted molar refractivity (Wildman–Crippen MR) is 113 cm³/mol. The highest BCUT2D eigenvalue weighted by Gasteiger charge is 2.13. The lowest BCUT2D eigenvalue weighted by Crippen LogP contribution is -2.43. The topological polar surface area (TPSA) is 106 Å². The molecule has 2 amide bonds. The van der Waals surface area contributed by atoms with Crippen molar-refractivity contribution in [2.45, 2.75) is 39.5 Å². The van der Waals surface area contributed by atoms with Crippen molar-refractivity contribution in [3.8, 4) is 17.1 Å². The fourth-order valence-electron chi connectivity index (χ4n) is 2.71. The number of hydrazine groups is 1. The van der Waals surface area contributed by atoms with Crippen LogP contribution in [0.2, 0.25) is 0 Å². The molecule has 0 aliphatic carbocycles. The molecule has 0 aliphatic heterocycles. The molecule has 0 radical (unpaired) electrons. The number of nitrogens with zero attached hydrogens (tertiary/aromatic N) is 2. The first-order valence-electron chi connectivity index (χ1n) is 9.58. The number of ether oxygens (including phenoxy) is 1. The Morgan fingerprint density at radius 2 is 2.00 bits per heavy atom. The Hall–Kier alpha value is -3.20. The third-order valence-corrected chi connectivity index (χ3v) is 4.99. The van der Waals surface area contributed by atoms with E-state index in [1.165, 1.54) is 0 Å². The predicted octanol–water partition coefficient (Wildman–Crippen LogP) is 3.39. The fraction of sp³-hybridized carbons (Fsp3) is 0.333. The largest absolute Gasteiger partial charge is 0.483 e. The lowest BCUT2D eigenvalue weighted by Gasteiger charge is -2.15. The Bertz CT molecular complexity index is 998. The van der Waals surface area contributed by atoms with Crippen molar-refractivity contribution >= 4 is 23.2 Å². The molecule has 158 valence electrons. The van der Waals surface area contributed by atoms with Gasteiger partial charge in [0.2, 0.25) is 17.6 Å². The highest BCUT2D eigenvalue weighted by atomic mass is 32.1. The van der Waals surface area contributed by atoms with Gasteiger partial charge < -0.3 is 9.26 Å². The third-order valence-electron chi connectivity index (χ3n) is 4.30. The van der Waals surface area contributed by atoms with Crippen molar-refractivity contribution < 1.29 is 18.8 Å². The number of aromatic nitrogens is 2. The summed E-state index contributed by atoms with van der Waals surface area (Å²) in [5, 5.41) is 7.73. The minimum atomic E-state index is -0.447. The zero-order valence-electron chi connectivity index (χ0n) is 17.1. The zero-order chi connectivity index (χ0) is 21.5. The van der Waals surface area contributed by atoms with E-state index in [0.717, 1.165) is 16.7 Å². The van der Waals surface area contributed by atoms with Crippen LogP contribution in [-0.4, -0.2) is 28.6 Å². The first kappa shape index (κ1) is 21.5. The standard InChI is InChI=1S/C21H24N4O4S/c1-13(2)16-5-4-14(3)10-17(16)28-11-19(27)24-23-18(26)6-7-20-22-21(25-29-20)15-8-9-30-12-15/h4-5,8-10,12-13H,6-7,11H2,1-3H3,(H,23,26)(H,24,27). The average Bonchev–Trinajstić information content (AvgIpc) is 3.40. The number of nitrogens with one attached hydrogen (secondary N) is 2. The summed E-state index contributed by atoms with van der Waals surface area (Å²) < 4.78 is 10.8. The summed E-state index contributed by atoms with van der Waals surface area (Å²) >= 11 is 1.54. The van der Waals surface area contributed by atoms with Gasteiger partial charge in [0.1, 0.15) is 5.75 Å². The highest BCUT2D eigenvalue weighted by molar-refractivity contribution is 7.08. The minimum absolute atomic E-state index is 0.0990. The van der Waals surface area contributed by atoms with Crippen molar-refractivity contribution in [3.05, 3.63) is 52.0 Å². The summed E-state index contributed by atoms with van der Waals surface area (Å²) in [5.41, 5.74) is 7.67. The first-order valence-corrected chi connectivity index (χ1v) is 10.5. The van der Waals surface area contributed by atoms with E-state index in [1.807, 2.05) is 41.9 Å². The highest BCUT2D eigenvalue weighted by Crippen LogP contribution is 2.27. The Kier molecular flexibility index (Phi) is 7.18. The van der Waals surface area contributed by atoms with Crippen molar-refractivity contribution in [3.63, 3.8) is 0 Å². The first-order chi connectivity index (χ1) is 14.4. The molecule has 0 saturated carbocycles. The van der Waals surface area contributed by atoms with Gasteiger partial charge in [0.25, 0.3) is 5.91 Å². The molecule has 0 atom stereocenters. The van der Waals surface area contributed by atoms with E-state index in [9.17, 15) is 9.59 Å². The number of benzene rings is 1. The quantitative estimate of drug-likeness (QED) is 0.533. The second kappa shape index (κ2) is 10.0. The van der Waals surface area contributed by atoms with Crippen molar-refractivity contribution in [1.82, 2.24) is 21.0 Å². The Labute approximate surface area is 178 Å². The number of rotatable bonds is 8. The SMILES string of the molecule is Cc1ccc(C(C)C)c(OCC(=O)NNC(=O)CCc2nc(-c3ccsc3)no2)c1. The van der Waals surface area contributed by atoms with Gasteiger partial charge in [-0.3, -0.25) is 20.4 Å². The molecule has 9 heteroatoms. The second-order valence-electron chi connectivity index (χ2n) is 7.10. The van der Waals surface area contributed by atoms with Crippen molar-refractivity contribution in [2.75, 3.05) is 6.61 Å². The number of hydrogen-bond acceptors (Lipinski definition) is 7. The monoisotopic (exact) mass is 428 g/mol. The van der Waals surface area contributed by atoms with Crippen LogP contribution in [-0.2, 0) is 16.0 Å². The summed E-state index contributed by atoms with van der Waals surface area (Å²) in [7, 11) is 0. The molecule has 2 N–H and O–H groups in total. The van der Waals surface area contributed by atoms with E-state index in [0.29, 0.717) is 17.5 Å². The number of carbonyl (C=O) groups is 2. The van der Waals surface area contributed by atoms with Gasteiger partial charge in [0.15, 0.2) is 6.61 Å². The van der Waals surface area contributed by atoms with Crippen LogP contribution in [0.5, 0.6) is 5.75 Å². The molecule has 0 saturated heterocycles. The van der Waals surface area contributed by atoms with Crippen LogP contribution in [0, 0.1) is 6.92 Å². The summed E-state index contributed by atoms with van der Waals surface area (Å²) in [6, 6.07) is 7.80. The molecule has 8 nitrogen and oxygen atoms in total. The van der Waals surface area contributed by atoms with Gasteiger partial charge in [0.05, 0.1) is 0 Å². The maximum atomic E-state index is 12.0. The van der Waals surface area contributed by atoms with Gasteiger partial charge in [-0.25, -0.2) is 0 Å². The van der Waals surface area contributed by atoms with Crippen molar-refractivity contribution in [1.29, 1.82) is 0 Å². The Balaban J connectivity index is 1.41. The normalized spacial score (nSPS) is 10.8. The number of carbonyl (C=O) groups excluding carboxylic acids is 2. The van der Waals surface area contributed by atoms with Crippen LogP contribution in [0.15, 0.2) is 39.5 Å². The molecule has 0 fully saturated rings. The van der Waals surface area contributed by atoms with Gasteiger partial charge in [-0.2, -0.15) is 16.3 Å². The molecule has 3 rings (SSSR count). The van der Waals surface area contributed by atoms with Crippen molar-refractivity contribution in [2.24, 2.45) is 0 Å². The van der Waals surface area contributed by atoms with Crippen LogP contribution in [0.3, 0.4) is 0 Å². The molecule has 0 aliphatic rings. The molecule has 0 bridgehead atoms. The lowest BCUT2D eigenvalue weighted by atomic mass is 10.0. The maximum absolute atomic E-state index is 12.0. The molecule has 30 heavy (non-hydrogen) atoms. The van der Waals surface area contributed by atoms with Gasteiger partial charge >= 0.3 is 0 Å². The number of aryl methyl sites for hydroxylation is 2. The smallest absolute Gasteiger partial charge is 0.276 e. The summed E-state index contributed by atoms with van der Waals surface area (Å²) in [6.07, 6.45) is 0.373. The molecule has 0 unspecified atom stereocenters. The van der Waals surface area contributed by atoms with Crippen LogP contribution in [0.25, 0.3) is 11.4 Å². The molecular weight excluding hydrogens is 404 g/mol. The zero-order valence-corrected chi connectivity index (χ0v) is 17.9. The van der Waals surface area contributed by atoms with Gasteiger partial charge in [-0.1, -0.05) is 31.1 Å². The van der Waals surface area contributed by atoms with E-state index in [2.05, 4.69) is 34.8 Å². The molecule has 1 aromatic carbocycles. The molecule has 2 aromatic heterocycles. The van der Waals surface area contributed by atoms with E-state index >= 15 is 0 Å². The number of amides is 2. The Morgan fingerprint density at radius 3 is 2.73 bits per heavy atom. The van der Waals surface area contributed by atoms with Gasteiger partial charge in [-0.15, -0.1) is 0 Å². The van der Waals surface area contributed by atoms with E-state index in [-0.39, 0.29) is 31.3 Å². The lowest BCUT2D eigenvalue weighted by molar-refractivity contribution is -0.130. The Morgan fingerprint density at radius 1 is 1.20 bits per heavy atom. The van der Waals surface area contributed by atoms with Crippen LogP contribution in [0.4, 0.5) is 0 Å². The molecular formula is C21H24N4O4S. The second-order valence-corrected chi connectivity index (χ2v) is 7.88. The fourth-order valence-corrected chi connectivity index (χ4v) is 3.35. The summed E-state index contributed by atoms with van der Waals surface area (Å²) in [6.45, 7) is 5.89. The summed E-state index contributed by atoms with van der Waals surface area (Å²) in [5.74, 6) is 0.988. The van der Waals surface area contributed by atoms with Gasteiger partial charge in [-0.05, 0) is 41.5 Å². The van der Waals surface area contributed by atoms with E-state index in [1.54, 1.807) is 11.3 Å². The van der Waals surface area contributed by atoms with Crippen LogP contribution < -0.4 is 15.6 Å². The molecule has 2 heterocycles. The average molecular weight is 429 g/mol. The number of thiophene rings is 1. The third kappa shape index (κ3) is 5.90. The molecule has 3 aromatic rings. The van der Waals surface area contributed by atoms with E-state index < -0.39 is 5.91 Å². The van der Waals surface area contributed by atoms with Crippen LogP contribution in [0.1, 0.15) is 43.2 Å². The minimum Gasteiger partial charge on any atom is -0.483 e.